The number of ether oxygens (including phenoxy) is 1. The van der Waals surface area contributed by atoms with Crippen LogP contribution in [0.2, 0.25) is 0 Å². The van der Waals surface area contributed by atoms with Gasteiger partial charge in [0.1, 0.15) is 0 Å². The van der Waals surface area contributed by atoms with Crippen LogP contribution in [-0.4, -0.2) is 74.5 Å². The Morgan fingerprint density at radius 3 is 2.29 bits per heavy atom. The van der Waals surface area contributed by atoms with Crippen LogP contribution < -0.4 is 0 Å². The molecule has 0 N–H and O–H groups in total. The van der Waals surface area contributed by atoms with E-state index in [2.05, 4.69) is 0 Å². The highest BCUT2D eigenvalue weighted by Gasteiger charge is 2.32. The second-order valence-electron chi connectivity index (χ2n) is 5.54. The molecule has 2 amide bonds. The maximum atomic E-state index is 12.2. The van der Waals surface area contributed by atoms with Gasteiger partial charge in [-0.15, -0.1) is 0 Å². The van der Waals surface area contributed by atoms with E-state index in [1.54, 1.807) is 16.7 Å². The molecule has 2 heterocycles. The van der Waals surface area contributed by atoms with Crippen LogP contribution in [0.5, 0.6) is 0 Å². The summed E-state index contributed by atoms with van der Waals surface area (Å²) in [7, 11) is -2.94. The molecule has 0 aromatic rings. The number of amides is 2. The third-order valence-electron chi connectivity index (χ3n) is 3.95. The zero-order valence-corrected chi connectivity index (χ0v) is 13.1. The molecule has 2 aliphatic heterocycles. The third kappa shape index (κ3) is 4.33. The van der Waals surface area contributed by atoms with Gasteiger partial charge in [0.05, 0.1) is 18.1 Å². The molecule has 21 heavy (non-hydrogen) atoms. The largest absolute Gasteiger partial charge is 0.450 e. The van der Waals surface area contributed by atoms with Gasteiger partial charge in [-0.3, -0.25) is 4.79 Å². The number of hydrogen-bond acceptors (Lipinski definition) is 5. The summed E-state index contributed by atoms with van der Waals surface area (Å²) in [6.07, 6.45) is 0.529. The van der Waals surface area contributed by atoms with Crippen molar-refractivity contribution in [2.75, 3.05) is 44.3 Å². The van der Waals surface area contributed by atoms with Gasteiger partial charge in [0, 0.05) is 32.6 Å². The summed E-state index contributed by atoms with van der Waals surface area (Å²) in [4.78, 5) is 27.0. The molecule has 2 fully saturated rings. The number of piperazine rings is 1. The Labute approximate surface area is 125 Å². The fourth-order valence-corrected chi connectivity index (χ4v) is 4.62. The lowest BCUT2D eigenvalue weighted by atomic mass is 10.0. The highest BCUT2D eigenvalue weighted by molar-refractivity contribution is 7.91. The normalized spacial score (nSPS) is 24.9. The first-order valence-corrected chi connectivity index (χ1v) is 9.13. The standard InChI is InChI=1S/C13H22N2O5S/c1-2-20-13(17)15-6-4-14(5-7-15)12(16)9-11-3-8-21(18,19)10-11/h11H,2-10H2,1H3. The van der Waals surface area contributed by atoms with Crippen molar-refractivity contribution in [3.05, 3.63) is 0 Å². The van der Waals surface area contributed by atoms with Crippen molar-refractivity contribution in [3.8, 4) is 0 Å². The maximum absolute atomic E-state index is 12.2. The summed E-state index contributed by atoms with van der Waals surface area (Å²) in [5.74, 6) is 0.259. The zero-order valence-electron chi connectivity index (χ0n) is 12.3. The Balaban J connectivity index is 1.77. The van der Waals surface area contributed by atoms with Gasteiger partial charge in [-0.25, -0.2) is 13.2 Å². The molecule has 2 saturated heterocycles. The average molecular weight is 318 g/mol. The van der Waals surface area contributed by atoms with E-state index < -0.39 is 9.84 Å². The molecule has 2 rings (SSSR count). The van der Waals surface area contributed by atoms with Crippen LogP contribution in [0.1, 0.15) is 19.8 Å². The Bertz CT molecular complexity index is 497. The van der Waals surface area contributed by atoms with Gasteiger partial charge in [-0.05, 0) is 19.3 Å². The van der Waals surface area contributed by atoms with E-state index in [4.69, 9.17) is 4.74 Å². The molecule has 1 unspecified atom stereocenters. The summed E-state index contributed by atoms with van der Waals surface area (Å²) >= 11 is 0. The summed E-state index contributed by atoms with van der Waals surface area (Å²) in [5, 5.41) is 0. The molecule has 0 aromatic carbocycles. The summed E-state index contributed by atoms with van der Waals surface area (Å²) in [6, 6.07) is 0. The first kappa shape index (κ1) is 16.1. The second kappa shape index (κ2) is 6.64. The van der Waals surface area contributed by atoms with E-state index in [1.165, 1.54) is 0 Å². The van der Waals surface area contributed by atoms with Gasteiger partial charge < -0.3 is 14.5 Å². The fourth-order valence-electron chi connectivity index (χ4n) is 2.76. The van der Waals surface area contributed by atoms with E-state index in [9.17, 15) is 18.0 Å². The first-order chi connectivity index (χ1) is 9.91. The summed E-state index contributed by atoms with van der Waals surface area (Å²) < 4.78 is 27.7. The average Bonchev–Trinajstić information content (AvgIpc) is 2.78. The van der Waals surface area contributed by atoms with Crippen molar-refractivity contribution in [2.24, 2.45) is 5.92 Å². The van der Waals surface area contributed by atoms with E-state index >= 15 is 0 Å². The predicted octanol–water partition coefficient (Wildman–Crippen LogP) is 0.112. The van der Waals surface area contributed by atoms with E-state index in [0.29, 0.717) is 45.6 Å². The molecule has 1 atom stereocenters. The van der Waals surface area contributed by atoms with Crippen LogP contribution in [0.3, 0.4) is 0 Å². The van der Waals surface area contributed by atoms with Crippen LogP contribution in [0.4, 0.5) is 4.79 Å². The number of sulfone groups is 1. The third-order valence-corrected chi connectivity index (χ3v) is 5.79. The van der Waals surface area contributed by atoms with Gasteiger partial charge in [-0.1, -0.05) is 0 Å². The molecule has 7 nitrogen and oxygen atoms in total. The van der Waals surface area contributed by atoms with Gasteiger partial charge in [-0.2, -0.15) is 0 Å². The molecule has 8 heteroatoms. The maximum Gasteiger partial charge on any atom is 0.409 e. The van der Waals surface area contributed by atoms with Crippen LogP contribution in [0.25, 0.3) is 0 Å². The molecule has 0 aliphatic carbocycles. The second-order valence-corrected chi connectivity index (χ2v) is 7.77. The number of hydrogen-bond donors (Lipinski definition) is 0. The highest BCUT2D eigenvalue weighted by atomic mass is 32.2. The molecule has 0 radical (unpaired) electrons. The lowest BCUT2D eigenvalue weighted by Gasteiger charge is -2.34. The number of carbonyl (C=O) groups excluding carboxylic acids is 2. The minimum atomic E-state index is -2.94. The van der Waals surface area contributed by atoms with Crippen molar-refractivity contribution in [1.82, 2.24) is 9.80 Å². The van der Waals surface area contributed by atoms with E-state index in [1.807, 2.05) is 0 Å². The Hall–Kier alpha value is -1.31. The molecule has 2 aliphatic rings. The van der Waals surface area contributed by atoms with Crippen molar-refractivity contribution in [2.45, 2.75) is 19.8 Å². The zero-order chi connectivity index (χ0) is 15.5. The summed E-state index contributed by atoms with van der Waals surface area (Å²) in [6.45, 7) is 4.00. The van der Waals surface area contributed by atoms with Crippen LogP contribution in [0, 0.1) is 5.92 Å². The topological polar surface area (TPSA) is 84.0 Å². The number of carbonyl (C=O) groups is 2. The van der Waals surface area contributed by atoms with Gasteiger partial charge in [0.15, 0.2) is 9.84 Å². The first-order valence-electron chi connectivity index (χ1n) is 7.31. The molecular formula is C13H22N2O5S. The SMILES string of the molecule is CCOC(=O)N1CCN(C(=O)CC2CCS(=O)(=O)C2)CC1. The van der Waals surface area contributed by atoms with Crippen LogP contribution >= 0.6 is 0 Å². The van der Waals surface area contributed by atoms with E-state index in [0.717, 1.165) is 0 Å². The van der Waals surface area contributed by atoms with Gasteiger partial charge in [0.2, 0.25) is 5.91 Å². The highest BCUT2D eigenvalue weighted by Crippen LogP contribution is 2.22. The van der Waals surface area contributed by atoms with E-state index in [-0.39, 0.29) is 29.4 Å². The van der Waals surface area contributed by atoms with Gasteiger partial charge in [0.25, 0.3) is 0 Å². The lowest BCUT2D eigenvalue weighted by molar-refractivity contribution is -0.133. The number of rotatable bonds is 3. The molecule has 0 spiro atoms. The van der Waals surface area contributed by atoms with Crippen molar-refractivity contribution in [3.63, 3.8) is 0 Å². The predicted molar refractivity (Wildman–Crippen MR) is 76.6 cm³/mol. The Kier molecular flexibility index (Phi) is 5.08. The minimum Gasteiger partial charge on any atom is -0.450 e. The lowest BCUT2D eigenvalue weighted by Crippen LogP contribution is -2.51. The molecule has 0 aromatic heterocycles. The van der Waals surface area contributed by atoms with Crippen LogP contribution in [0.15, 0.2) is 0 Å². The molecule has 0 bridgehead atoms. The van der Waals surface area contributed by atoms with Crippen LogP contribution in [-0.2, 0) is 19.4 Å². The van der Waals surface area contributed by atoms with Gasteiger partial charge >= 0.3 is 6.09 Å². The Morgan fingerprint density at radius 2 is 1.76 bits per heavy atom. The van der Waals surface area contributed by atoms with Crippen molar-refractivity contribution >= 4 is 21.8 Å². The smallest absolute Gasteiger partial charge is 0.409 e. The van der Waals surface area contributed by atoms with Crippen molar-refractivity contribution in [1.29, 1.82) is 0 Å². The molecule has 120 valence electrons. The number of nitrogens with zero attached hydrogens (tertiary/aromatic N) is 2. The minimum absolute atomic E-state index is 0.0133. The molecular weight excluding hydrogens is 296 g/mol. The monoisotopic (exact) mass is 318 g/mol. The summed E-state index contributed by atoms with van der Waals surface area (Å²) in [5.41, 5.74) is 0. The van der Waals surface area contributed by atoms with Crippen molar-refractivity contribution < 1.29 is 22.7 Å². The molecule has 0 saturated carbocycles. The Morgan fingerprint density at radius 1 is 1.14 bits per heavy atom. The quantitative estimate of drug-likeness (QED) is 0.737. The fraction of sp³-hybridized carbons (Fsp3) is 0.846.